The molecule has 147 heavy (non-hydrogen) atoms. The van der Waals surface area contributed by atoms with Gasteiger partial charge in [0.15, 0.2) is 0 Å². The van der Waals surface area contributed by atoms with E-state index in [0.29, 0.717) is 23.0 Å². The van der Waals surface area contributed by atoms with Crippen molar-refractivity contribution in [2.24, 2.45) is 5.92 Å². The molecular formula is C129H205N11O6S. The van der Waals surface area contributed by atoms with Crippen LogP contribution in [0.25, 0.3) is 0 Å². The summed E-state index contributed by atoms with van der Waals surface area (Å²) in [7, 11) is 4.18. The van der Waals surface area contributed by atoms with Crippen molar-refractivity contribution in [2.75, 3.05) is 153 Å². The van der Waals surface area contributed by atoms with Crippen LogP contribution in [0.15, 0.2) is 200 Å². The molecule has 1 unspecified atom stereocenters. The van der Waals surface area contributed by atoms with Gasteiger partial charge in [0, 0.05) is 78.9 Å². The number of rotatable bonds is 16. The van der Waals surface area contributed by atoms with Crippen molar-refractivity contribution >= 4 is 10.0 Å². The standard InChI is InChI=1S/C20H31NO.2C16H25N.C15H23NO.C13H23N3O.C13H23N3.C13H20.C12H19NO2S.C11H16O/c1-20(2,3)18-8-6-16(7-9-18)17-10-12-21(13-11-17)15-19-5-4-14-22-19;1-16(2,3)15-7-5-13(6-8-15)14-9-11-17(4)12-10-14;1-16(2,3)15-6-4-13(5-7-15)12-14-8-10-17-11-9-14;1-15(2,3)14-6-4-13(5-7-14)12-16-8-10-17-11-9-16;1-13(2,3)12-10-14-16(11-12)5-4-15-6-8-17-9-7-15;1-13(2,3)11-9-14-16(10-11)12-5-7-15(4)8-6-12;1-10(2)11-6-8-12(9-7-11)13(3,4)5;1-12(2,3)10-6-8-11(9-7-10)16(14,15)13(4)5;1-11(2,3)10-6-4-9(8-12)5-7-10/h6-9,17,19H,4-5,10-15H2,1-3H3;5-8,14H,9-12H2,1-4H3;4-7,14,17H,8-12H2,1-3H3;4-7H,8-12H2,1-3H3;10-11H,4-9H2,1-3H3;9-10,12H,5-8H2,1-4H3;6-10H,1-5H3;6-9H,1-5H3;4-7,12H,8H2,1-3H3. The summed E-state index contributed by atoms with van der Waals surface area (Å²) < 4.78 is 45.6. The average molecular weight is 2040 g/mol. The van der Waals surface area contributed by atoms with E-state index in [1.54, 1.807) is 12.1 Å². The van der Waals surface area contributed by atoms with Crippen LogP contribution in [-0.2, 0) is 99.1 Å². The summed E-state index contributed by atoms with van der Waals surface area (Å²) in [6.07, 6.45) is 23.0. The zero-order valence-corrected chi connectivity index (χ0v) is 99.5. The van der Waals surface area contributed by atoms with Crippen LogP contribution < -0.4 is 5.32 Å². The largest absolute Gasteiger partial charge is 0.392 e. The van der Waals surface area contributed by atoms with Gasteiger partial charge in [-0.25, -0.2) is 12.7 Å². The highest BCUT2D eigenvalue weighted by Crippen LogP contribution is 2.37. The number of morpholine rings is 2. The maximum atomic E-state index is 11.8. The molecule has 17 nitrogen and oxygen atoms in total. The van der Waals surface area contributed by atoms with Gasteiger partial charge in [-0.2, -0.15) is 10.2 Å². The van der Waals surface area contributed by atoms with E-state index in [1.807, 2.05) is 36.7 Å². The van der Waals surface area contributed by atoms with Crippen LogP contribution in [-0.4, -0.2) is 221 Å². The smallest absolute Gasteiger partial charge is 0.242 e. The molecule has 18 heteroatoms. The molecule has 1 atom stereocenters. The van der Waals surface area contributed by atoms with E-state index in [-0.39, 0.29) is 55.3 Å². The van der Waals surface area contributed by atoms with Crippen molar-refractivity contribution in [3.8, 4) is 0 Å². The van der Waals surface area contributed by atoms with Gasteiger partial charge in [-0.15, -0.1) is 0 Å². The fourth-order valence-electron chi connectivity index (χ4n) is 19.0. The van der Waals surface area contributed by atoms with E-state index in [4.69, 9.17) is 19.3 Å². The molecule has 7 saturated heterocycles. The van der Waals surface area contributed by atoms with E-state index < -0.39 is 10.0 Å². The molecule has 0 bridgehead atoms. The molecule has 818 valence electrons. The van der Waals surface area contributed by atoms with Crippen molar-refractivity contribution in [1.29, 1.82) is 0 Å². The molecule has 0 spiro atoms. The minimum atomic E-state index is -3.31. The first-order chi connectivity index (χ1) is 68.7. The van der Waals surface area contributed by atoms with Crippen molar-refractivity contribution in [3.63, 3.8) is 0 Å². The Morgan fingerprint density at radius 3 is 1.10 bits per heavy atom. The summed E-state index contributed by atoms with van der Waals surface area (Å²) in [4.78, 5) is 12.7. The monoisotopic (exact) mass is 2040 g/mol. The number of nitrogens with one attached hydrogen (secondary N) is 1. The molecule has 9 heterocycles. The zero-order chi connectivity index (χ0) is 109. The predicted octanol–water partition coefficient (Wildman–Crippen LogP) is 27.3. The lowest BCUT2D eigenvalue weighted by Gasteiger charge is -2.33. The summed E-state index contributed by atoms with van der Waals surface area (Å²) in [5, 5.41) is 21.2. The minimum absolute atomic E-state index is 0.0421. The second kappa shape index (κ2) is 57.4. The molecule has 2 N–H and O–H groups in total. The van der Waals surface area contributed by atoms with Crippen molar-refractivity contribution in [1.82, 2.24) is 53.7 Å². The van der Waals surface area contributed by atoms with Gasteiger partial charge in [0.1, 0.15) is 0 Å². The zero-order valence-electron chi connectivity index (χ0n) is 98.6. The molecule has 7 aliphatic heterocycles. The first-order valence-corrected chi connectivity index (χ1v) is 57.5. The van der Waals surface area contributed by atoms with E-state index in [1.165, 1.54) is 214 Å². The number of sulfonamides is 1. The Morgan fingerprint density at radius 2 is 0.735 bits per heavy atom. The van der Waals surface area contributed by atoms with Crippen LogP contribution >= 0.6 is 0 Å². The number of hydrogen-bond acceptors (Lipinski definition) is 14. The number of aliphatic hydroxyl groups excluding tert-OH is 1. The van der Waals surface area contributed by atoms with E-state index >= 15 is 0 Å². The van der Waals surface area contributed by atoms with Gasteiger partial charge in [-0.05, 0) is 305 Å². The lowest BCUT2D eigenvalue weighted by atomic mass is 9.84. The molecule has 16 rings (SSSR count). The predicted molar refractivity (Wildman–Crippen MR) is 624 cm³/mol. The molecule has 0 amide bonds. The van der Waals surface area contributed by atoms with Gasteiger partial charge in [-0.3, -0.25) is 19.2 Å². The van der Waals surface area contributed by atoms with Gasteiger partial charge in [0.25, 0.3) is 0 Å². The number of nitrogens with zero attached hydrogens (tertiary/aromatic N) is 10. The molecule has 7 aliphatic rings. The lowest BCUT2D eigenvalue weighted by molar-refractivity contribution is 0.0342. The summed E-state index contributed by atoms with van der Waals surface area (Å²) in [6, 6.07) is 61.7. The number of hydrogen-bond donors (Lipinski definition) is 2. The maximum Gasteiger partial charge on any atom is 0.242 e. The molecule has 7 fully saturated rings. The van der Waals surface area contributed by atoms with Gasteiger partial charge >= 0.3 is 0 Å². The van der Waals surface area contributed by atoms with E-state index in [2.05, 4.69) is 410 Å². The van der Waals surface area contributed by atoms with Crippen molar-refractivity contribution in [3.05, 3.63) is 278 Å². The number of likely N-dealkylation sites (tertiary alicyclic amines) is 3. The maximum absolute atomic E-state index is 11.8. The average Bonchev–Trinajstić information content (AvgIpc) is 1.81. The van der Waals surface area contributed by atoms with Crippen LogP contribution in [0, 0.1) is 5.92 Å². The highest BCUT2D eigenvalue weighted by Gasteiger charge is 2.30. The third-order valence-corrected chi connectivity index (χ3v) is 32.0. The Hall–Kier alpha value is -7.53. The molecule has 2 aromatic heterocycles. The first kappa shape index (κ1) is 125. The van der Waals surface area contributed by atoms with Crippen molar-refractivity contribution in [2.45, 2.75) is 375 Å². The van der Waals surface area contributed by atoms with E-state index in [0.717, 1.165) is 114 Å². The Bertz CT molecular complexity index is 5170. The fourth-order valence-corrected chi connectivity index (χ4v) is 19.9. The molecular weight excluding hydrogens is 1830 g/mol. The first-order valence-electron chi connectivity index (χ1n) is 56.1. The molecule has 0 saturated carbocycles. The second-order valence-corrected chi connectivity index (χ2v) is 54.7. The highest BCUT2D eigenvalue weighted by atomic mass is 32.2. The number of ether oxygens (including phenoxy) is 3. The highest BCUT2D eigenvalue weighted by molar-refractivity contribution is 7.89. The normalized spacial score (nSPS) is 18.0. The van der Waals surface area contributed by atoms with E-state index in [9.17, 15) is 8.42 Å². The summed E-state index contributed by atoms with van der Waals surface area (Å²) in [5.41, 5.74) is 22.5. The third kappa shape index (κ3) is 43.9. The van der Waals surface area contributed by atoms with Crippen LogP contribution in [0.5, 0.6) is 0 Å². The Balaban J connectivity index is 0.000000203. The third-order valence-electron chi connectivity index (χ3n) is 30.1. The minimum Gasteiger partial charge on any atom is -0.392 e. The SMILES string of the molecule is CC(C)(C)c1ccc(C2CCN(CC3CCCO3)CC2)cc1.CC(C)(C)c1ccc(CC2CCNCC2)cc1.CC(C)(C)c1ccc(CN2CCOCC2)cc1.CC(C)(C)c1ccc(CO)cc1.CC(C)(C)c1cnn(CCN2CCOCC2)c1.CC(C)c1ccc(C(C)(C)C)cc1.CN(C)S(=O)(=O)c1ccc(C(C)(C)C)cc1.CN1CCC(c2ccc(C(C)(C)C)cc2)CC1.CN1CCC(n2cc(C(C)(C)C)cn2)CC1. The molecule has 0 aliphatic carbocycles. The summed E-state index contributed by atoms with van der Waals surface area (Å²) in [6.45, 7) is 87.4. The quantitative estimate of drug-likeness (QED) is 0.0945. The van der Waals surface area contributed by atoms with Crippen LogP contribution in [0.1, 0.15) is 372 Å². The van der Waals surface area contributed by atoms with Gasteiger partial charge in [0.2, 0.25) is 10.0 Å². The number of benzene rings is 7. The molecule has 0 radical (unpaired) electrons. The van der Waals surface area contributed by atoms with Crippen molar-refractivity contribution < 1.29 is 27.7 Å². The van der Waals surface area contributed by atoms with Crippen LogP contribution in [0.2, 0.25) is 0 Å². The lowest BCUT2D eigenvalue weighted by Crippen LogP contribution is -2.38. The Kier molecular flexibility index (Phi) is 48.7. The number of aliphatic hydroxyl groups is 1. The second-order valence-electron chi connectivity index (χ2n) is 52.6. The Morgan fingerprint density at radius 1 is 0.381 bits per heavy atom. The Labute approximate surface area is 897 Å². The summed E-state index contributed by atoms with van der Waals surface area (Å²) in [5.74, 6) is 3.04. The fraction of sp³-hybridized carbons (Fsp3) is 0.628. The molecule has 7 aromatic carbocycles. The number of piperidine rings is 4. The topological polar surface area (TPSA) is 149 Å². The molecule has 9 aromatic rings. The van der Waals surface area contributed by atoms with Gasteiger partial charge in [0.05, 0.1) is 69.0 Å². The van der Waals surface area contributed by atoms with Crippen LogP contribution in [0.4, 0.5) is 0 Å². The number of aromatic nitrogens is 4. The van der Waals surface area contributed by atoms with Crippen LogP contribution in [0.3, 0.4) is 0 Å². The summed E-state index contributed by atoms with van der Waals surface area (Å²) >= 11 is 0. The van der Waals surface area contributed by atoms with Gasteiger partial charge < -0.3 is 39.3 Å². The van der Waals surface area contributed by atoms with Gasteiger partial charge in [-0.1, -0.05) is 359 Å².